The molecule has 1 aromatic carbocycles. The van der Waals surface area contributed by atoms with Crippen LogP contribution in [-0.2, 0) is 22.8 Å². The van der Waals surface area contributed by atoms with Crippen LogP contribution in [0.15, 0.2) is 18.2 Å². The maximum Gasteiger partial charge on any atom is 0.153 e. The van der Waals surface area contributed by atoms with Gasteiger partial charge in [-0.3, -0.25) is 4.90 Å². The molecule has 20 heavy (non-hydrogen) atoms. The van der Waals surface area contributed by atoms with E-state index in [1.807, 2.05) is 6.92 Å². The molecular formula is C15H22N2O2S. The number of benzene rings is 1. The smallest absolute Gasteiger partial charge is 0.153 e. The molecule has 1 aromatic rings. The van der Waals surface area contributed by atoms with Crippen LogP contribution in [0, 0.1) is 0 Å². The summed E-state index contributed by atoms with van der Waals surface area (Å²) in [5.74, 6) is 0.588. The predicted molar refractivity (Wildman–Crippen MR) is 81.8 cm³/mol. The van der Waals surface area contributed by atoms with Crippen LogP contribution in [0.5, 0.6) is 0 Å². The van der Waals surface area contributed by atoms with E-state index in [1.54, 1.807) is 0 Å². The van der Waals surface area contributed by atoms with E-state index in [2.05, 4.69) is 28.4 Å². The zero-order valence-electron chi connectivity index (χ0n) is 11.9. The number of hydrogen-bond donors (Lipinski definition) is 1. The van der Waals surface area contributed by atoms with Gasteiger partial charge in [-0.2, -0.15) is 0 Å². The average Bonchev–Trinajstić information content (AvgIpc) is 2.42. The molecular weight excluding hydrogens is 272 g/mol. The van der Waals surface area contributed by atoms with Gasteiger partial charge in [0.25, 0.3) is 0 Å². The Kier molecular flexibility index (Phi) is 3.73. The van der Waals surface area contributed by atoms with E-state index in [4.69, 9.17) is 0 Å². The summed E-state index contributed by atoms with van der Waals surface area (Å²) in [7, 11) is -2.83. The number of anilines is 1. The molecule has 5 heteroatoms. The average molecular weight is 294 g/mol. The highest BCUT2D eigenvalue weighted by Crippen LogP contribution is 2.27. The lowest BCUT2D eigenvalue weighted by atomic mass is 9.97. The molecule has 1 atom stereocenters. The Morgan fingerprint density at radius 2 is 2.25 bits per heavy atom. The lowest BCUT2D eigenvalue weighted by Gasteiger charge is -2.34. The van der Waals surface area contributed by atoms with Gasteiger partial charge < -0.3 is 5.32 Å². The largest absolute Gasteiger partial charge is 0.385 e. The highest BCUT2D eigenvalue weighted by molar-refractivity contribution is 7.91. The summed E-state index contributed by atoms with van der Waals surface area (Å²) < 4.78 is 23.3. The summed E-state index contributed by atoms with van der Waals surface area (Å²) >= 11 is 0. The van der Waals surface area contributed by atoms with E-state index >= 15 is 0 Å². The van der Waals surface area contributed by atoms with E-state index in [-0.39, 0.29) is 6.04 Å². The van der Waals surface area contributed by atoms with Gasteiger partial charge in [0, 0.05) is 31.4 Å². The Morgan fingerprint density at radius 1 is 1.40 bits per heavy atom. The highest BCUT2D eigenvalue weighted by Gasteiger charge is 2.28. The van der Waals surface area contributed by atoms with E-state index in [1.165, 1.54) is 23.2 Å². The molecule has 0 bridgehead atoms. The number of sulfone groups is 1. The molecule has 1 unspecified atom stereocenters. The van der Waals surface area contributed by atoms with Crippen molar-refractivity contribution in [1.82, 2.24) is 4.90 Å². The zero-order valence-corrected chi connectivity index (χ0v) is 12.7. The molecule has 0 spiro atoms. The number of fused-ring (bicyclic) bond motifs is 1. The molecule has 110 valence electrons. The maximum atomic E-state index is 11.7. The van der Waals surface area contributed by atoms with Crippen LogP contribution >= 0.6 is 0 Å². The molecule has 1 N–H and O–H groups in total. The fraction of sp³-hybridized carbons (Fsp3) is 0.600. The van der Waals surface area contributed by atoms with Crippen molar-refractivity contribution >= 4 is 15.5 Å². The normalized spacial score (nSPS) is 25.8. The summed E-state index contributed by atoms with van der Waals surface area (Å²) in [5, 5.41) is 3.45. The van der Waals surface area contributed by atoms with Crippen LogP contribution in [0.1, 0.15) is 24.5 Å². The minimum absolute atomic E-state index is 0.112. The molecule has 2 aliphatic heterocycles. The van der Waals surface area contributed by atoms with Crippen molar-refractivity contribution in [3.63, 3.8) is 0 Å². The Labute approximate surface area is 121 Å². The first kappa shape index (κ1) is 13.9. The predicted octanol–water partition coefficient (Wildman–Crippen LogP) is 1.66. The molecule has 0 amide bonds. The van der Waals surface area contributed by atoms with Gasteiger partial charge in [-0.15, -0.1) is 0 Å². The minimum Gasteiger partial charge on any atom is -0.385 e. The maximum absolute atomic E-state index is 11.7. The van der Waals surface area contributed by atoms with Crippen LogP contribution in [0.3, 0.4) is 0 Å². The van der Waals surface area contributed by atoms with Crippen molar-refractivity contribution in [2.75, 3.05) is 29.9 Å². The van der Waals surface area contributed by atoms with Gasteiger partial charge in [0.2, 0.25) is 0 Å². The van der Waals surface area contributed by atoms with Crippen molar-refractivity contribution in [1.29, 1.82) is 0 Å². The lowest BCUT2D eigenvalue weighted by Crippen LogP contribution is -2.46. The molecule has 2 aliphatic rings. The first-order chi connectivity index (χ1) is 9.55. The van der Waals surface area contributed by atoms with E-state index in [0.717, 1.165) is 19.5 Å². The van der Waals surface area contributed by atoms with Gasteiger partial charge in [0.1, 0.15) is 0 Å². The Bertz CT molecular complexity index is 598. The van der Waals surface area contributed by atoms with Crippen LogP contribution in [0.4, 0.5) is 5.69 Å². The van der Waals surface area contributed by atoms with Crippen LogP contribution in [-0.4, -0.2) is 44.0 Å². The van der Waals surface area contributed by atoms with Crippen molar-refractivity contribution in [2.45, 2.75) is 32.4 Å². The van der Waals surface area contributed by atoms with Gasteiger partial charge in [-0.25, -0.2) is 8.42 Å². The zero-order chi connectivity index (χ0) is 14.2. The number of nitrogens with zero attached hydrogens (tertiary/aromatic N) is 1. The quantitative estimate of drug-likeness (QED) is 0.901. The summed E-state index contributed by atoms with van der Waals surface area (Å²) in [5.41, 5.74) is 4.02. The number of nitrogens with one attached hydrogen (secondary N) is 1. The standard InChI is InChI=1S/C15H22N2O2S/c1-12-11-20(18,19)9-8-17(12)10-13-4-2-6-15-14(13)5-3-7-16-15/h2,4,6,12,16H,3,5,7-11H2,1H3. The third-order valence-corrected chi connectivity index (χ3v) is 6.17. The summed E-state index contributed by atoms with van der Waals surface area (Å²) in [6.07, 6.45) is 2.30. The van der Waals surface area contributed by atoms with Gasteiger partial charge in [-0.1, -0.05) is 12.1 Å². The SMILES string of the molecule is CC1CS(=O)(=O)CCN1Cc1cccc2c1CCCN2. The van der Waals surface area contributed by atoms with Crippen LogP contribution in [0.25, 0.3) is 0 Å². The molecule has 0 saturated carbocycles. The monoisotopic (exact) mass is 294 g/mol. The van der Waals surface area contributed by atoms with E-state index in [0.29, 0.717) is 18.1 Å². The molecule has 3 rings (SSSR count). The van der Waals surface area contributed by atoms with Crippen molar-refractivity contribution in [3.8, 4) is 0 Å². The Hall–Kier alpha value is -1.07. The van der Waals surface area contributed by atoms with E-state index in [9.17, 15) is 8.42 Å². The fourth-order valence-corrected chi connectivity index (χ4v) is 4.84. The first-order valence-corrected chi connectivity index (χ1v) is 9.16. The van der Waals surface area contributed by atoms with Gasteiger partial charge in [0.05, 0.1) is 11.5 Å². The molecule has 4 nitrogen and oxygen atoms in total. The van der Waals surface area contributed by atoms with Crippen molar-refractivity contribution in [3.05, 3.63) is 29.3 Å². The van der Waals surface area contributed by atoms with Gasteiger partial charge >= 0.3 is 0 Å². The third kappa shape index (κ3) is 2.83. The first-order valence-electron chi connectivity index (χ1n) is 7.34. The molecule has 2 heterocycles. The van der Waals surface area contributed by atoms with Crippen LogP contribution in [0.2, 0.25) is 0 Å². The Balaban J connectivity index is 1.78. The molecule has 1 saturated heterocycles. The molecule has 0 aliphatic carbocycles. The fourth-order valence-electron chi connectivity index (χ4n) is 3.22. The number of rotatable bonds is 2. The third-order valence-electron chi connectivity index (χ3n) is 4.37. The highest BCUT2D eigenvalue weighted by atomic mass is 32.2. The topological polar surface area (TPSA) is 49.4 Å². The van der Waals surface area contributed by atoms with Gasteiger partial charge in [0.15, 0.2) is 9.84 Å². The summed E-state index contributed by atoms with van der Waals surface area (Å²) in [6.45, 7) is 4.58. The number of hydrogen-bond acceptors (Lipinski definition) is 4. The second kappa shape index (κ2) is 5.37. The summed E-state index contributed by atoms with van der Waals surface area (Å²) in [4.78, 5) is 2.30. The minimum atomic E-state index is -2.83. The second-order valence-corrected chi connectivity index (χ2v) is 8.14. The van der Waals surface area contributed by atoms with Crippen molar-refractivity contribution in [2.24, 2.45) is 0 Å². The van der Waals surface area contributed by atoms with Crippen LogP contribution < -0.4 is 5.32 Å². The molecule has 0 radical (unpaired) electrons. The lowest BCUT2D eigenvalue weighted by molar-refractivity contribution is 0.217. The summed E-state index contributed by atoms with van der Waals surface area (Å²) in [6, 6.07) is 6.53. The second-order valence-electron chi connectivity index (χ2n) is 5.91. The molecule has 0 aromatic heterocycles. The van der Waals surface area contributed by atoms with Gasteiger partial charge in [-0.05, 0) is 37.0 Å². The Morgan fingerprint density at radius 3 is 3.05 bits per heavy atom. The molecule has 1 fully saturated rings. The van der Waals surface area contributed by atoms with E-state index < -0.39 is 9.84 Å². The van der Waals surface area contributed by atoms with Crippen molar-refractivity contribution < 1.29 is 8.42 Å².